The number of nitrogens with one attached hydrogen (secondary N) is 3. The zero-order chi connectivity index (χ0) is 18.8. The third kappa shape index (κ3) is 7.75. The van der Waals surface area contributed by atoms with Crippen LogP contribution in [0.4, 0.5) is 0 Å². The fraction of sp³-hybridized carbons (Fsp3) is 0.667. The van der Waals surface area contributed by atoms with E-state index in [1.165, 1.54) is 10.5 Å². The SMILES string of the molecule is CCCNC(=O)C[NH+]1CC[NH+](Cc2ccc(OCCC(C)C)cc2)CC1. The number of piperazine rings is 1. The molecule has 26 heavy (non-hydrogen) atoms. The van der Waals surface area contributed by atoms with Gasteiger partial charge in [-0.25, -0.2) is 0 Å². The number of amides is 1. The Morgan fingerprint density at radius 3 is 2.38 bits per heavy atom. The molecule has 5 nitrogen and oxygen atoms in total. The van der Waals surface area contributed by atoms with Crippen molar-refractivity contribution in [3.63, 3.8) is 0 Å². The van der Waals surface area contributed by atoms with Gasteiger partial charge in [0.05, 0.1) is 6.61 Å². The van der Waals surface area contributed by atoms with Crippen LogP contribution in [0.25, 0.3) is 0 Å². The van der Waals surface area contributed by atoms with Gasteiger partial charge in [-0.1, -0.05) is 20.8 Å². The topological polar surface area (TPSA) is 47.2 Å². The average molecular weight is 364 g/mol. The van der Waals surface area contributed by atoms with Crippen LogP contribution in [0, 0.1) is 5.92 Å². The van der Waals surface area contributed by atoms with Gasteiger partial charge in [0.1, 0.15) is 38.5 Å². The Morgan fingerprint density at radius 2 is 1.77 bits per heavy atom. The normalized spacial score (nSPS) is 20.2. The second-order valence-corrected chi connectivity index (χ2v) is 7.88. The molecule has 0 radical (unpaired) electrons. The molecule has 0 bridgehead atoms. The van der Waals surface area contributed by atoms with E-state index in [4.69, 9.17) is 4.74 Å². The number of benzene rings is 1. The highest BCUT2D eigenvalue weighted by Gasteiger charge is 2.24. The fourth-order valence-electron chi connectivity index (χ4n) is 3.27. The number of ether oxygens (including phenoxy) is 1. The van der Waals surface area contributed by atoms with E-state index in [1.54, 1.807) is 4.90 Å². The molecule has 1 aliphatic heterocycles. The first-order valence-electron chi connectivity index (χ1n) is 10.2. The predicted molar refractivity (Wildman–Crippen MR) is 105 cm³/mol. The third-order valence-electron chi connectivity index (χ3n) is 4.99. The van der Waals surface area contributed by atoms with E-state index in [-0.39, 0.29) is 5.91 Å². The summed E-state index contributed by atoms with van der Waals surface area (Å²) in [6.45, 7) is 14.2. The molecule has 0 spiro atoms. The molecule has 146 valence electrons. The average Bonchev–Trinajstić information content (AvgIpc) is 2.63. The molecule has 1 aromatic rings. The van der Waals surface area contributed by atoms with Crippen LogP contribution in [0.5, 0.6) is 5.75 Å². The van der Waals surface area contributed by atoms with E-state index in [0.29, 0.717) is 12.5 Å². The van der Waals surface area contributed by atoms with Gasteiger partial charge < -0.3 is 19.9 Å². The maximum absolute atomic E-state index is 11.8. The maximum atomic E-state index is 11.8. The van der Waals surface area contributed by atoms with Gasteiger partial charge in [0.25, 0.3) is 5.91 Å². The van der Waals surface area contributed by atoms with Crippen molar-refractivity contribution in [3.05, 3.63) is 29.8 Å². The lowest BCUT2D eigenvalue weighted by atomic mass is 10.1. The van der Waals surface area contributed by atoms with Gasteiger partial charge in [-0.2, -0.15) is 0 Å². The van der Waals surface area contributed by atoms with Crippen LogP contribution in [0.1, 0.15) is 39.2 Å². The van der Waals surface area contributed by atoms with Crippen LogP contribution in [0.3, 0.4) is 0 Å². The summed E-state index contributed by atoms with van der Waals surface area (Å²) in [6, 6.07) is 8.56. The number of hydrogen-bond acceptors (Lipinski definition) is 2. The molecule has 0 unspecified atom stereocenters. The van der Waals surface area contributed by atoms with Crippen molar-refractivity contribution in [2.45, 2.75) is 40.2 Å². The van der Waals surface area contributed by atoms with Crippen LogP contribution < -0.4 is 19.9 Å². The van der Waals surface area contributed by atoms with Crippen molar-refractivity contribution in [2.24, 2.45) is 5.92 Å². The van der Waals surface area contributed by atoms with Crippen LogP contribution in [0.15, 0.2) is 24.3 Å². The van der Waals surface area contributed by atoms with Gasteiger partial charge in [0.2, 0.25) is 0 Å². The zero-order valence-electron chi connectivity index (χ0n) is 16.8. The Balaban J connectivity index is 1.68. The molecule has 1 aliphatic rings. The molecule has 3 N–H and O–H groups in total. The summed E-state index contributed by atoms with van der Waals surface area (Å²) < 4.78 is 5.79. The Kier molecular flexibility index (Phi) is 8.92. The van der Waals surface area contributed by atoms with Gasteiger partial charge in [0.15, 0.2) is 6.54 Å². The summed E-state index contributed by atoms with van der Waals surface area (Å²) in [6.07, 6.45) is 2.09. The molecule has 1 fully saturated rings. The van der Waals surface area contributed by atoms with Crippen molar-refractivity contribution in [1.29, 1.82) is 0 Å². The van der Waals surface area contributed by atoms with Gasteiger partial charge in [-0.05, 0) is 43.0 Å². The van der Waals surface area contributed by atoms with E-state index in [0.717, 1.165) is 64.5 Å². The Hall–Kier alpha value is -1.59. The first-order chi connectivity index (χ1) is 12.6. The summed E-state index contributed by atoms with van der Waals surface area (Å²) in [5.74, 6) is 1.84. The number of hydrogen-bond donors (Lipinski definition) is 3. The quantitative estimate of drug-likeness (QED) is 0.545. The van der Waals surface area contributed by atoms with Crippen molar-refractivity contribution in [3.8, 4) is 5.75 Å². The minimum Gasteiger partial charge on any atom is -0.494 e. The molecule has 2 rings (SSSR count). The molecule has 1 amide bonds. The van der Waals surface area contributed by atoms with Gasteiger partial charge in [0, 0.05) is 12.1 Å². The minimum absolute atomic E-state index is 0.193. The van der Waals surface area contributed by atoms with Crippen molar-refractivity contribution in [1.82, 2.24) is 5.32 Å². The van der Waals surface area contributed by atoms with E-state index >= 15 is 0 Å². The van der Waals surface area contributed by atoms with Crippen LogP contribution in [0.2, 0.25) is 0 Å². The maximum Gasteiger partial charge on any atom is 0.275 e. The Labute approximate surface area is 158 Å². The highest BCUT2D eigenvalue weighted by Crippen LogP contribution is 2.12. The summed E-state index contributed by atoms with van der Waals surface area (Å²) in [4.78, 5) is 14.9. The first-order valence-corrected chi connectivity index (χ1v) is 10.2. The van der Waals surface area contributed by atoms with E-state index in [9.17, 15) is 4.79 Å². The van der Waals surface area contributed by atoms with Crippen LogP contribution in [-0.4, -0.2) is 51.8 Å². The van der Waals surface area contributed by atoms with E-state index in [2.05, 4.69) is 50.4 Å². The highest BCUT2D eigenvalue weighted by molar-refractivity contribution is 5.76. The zero-order valence-corrected chi connectivity index (χ0v) is 16.8. The molecule has 0 saturated carbocycles. The lowest BCUT2D eigenvalue weighted by Crippen LogP contribution is -3.28. The standard InChI is InChI=1S/C21H35N3O2/c1-4-10-22-21(25)17-24-13-11-23(12-14-24)16-19-5-7-20(8-6-19)26-15-9-18(2)3/h5-8,18H,4,9-17H2,1-3H3,(H,22,25)/p+2. The predicted octanol–water partition coefficient (Wildman–Crippen LogP) is -0.0789. The Morgan fingerprint density at radius 1 is 1.12 bits per heavy atom. The summed E-state index contributed by atoms with van der Waals surface area (Å²) >= 11 is 0. The molecule has 1 saturated heterocycles. The Bertz CT molecular complexity index is 523. The van der Waals surface area contributed by atoms with Crippen molar-refractivity contribution < 1.29 is 19.3 Å². The van der Waals surface area contributed by atoms with Crippen LogP contribution in [-0.2, 0) is 11.3 Å². The number of rotatable bonds is 10. The summed E-state index contributed by atoms with van der Waals surface area (Å²) in [5.41, 5.74) is 1.36. The minimum atomic E-state index is 0.193. The van der Waals surface area contributed by atoms with Gasteiger partial charge >= 0.3 is 0 Å². The monoisotopic (exact) mass is 363 g/mol. The number of quaternary nitrogens is 2. The number of carbonyl (C=O) groups is 1. The molecule has 5 heteroatoms. The fourth-order valence-corrected chi connectivity index (χ4v) is 3.27. The molecule has 0 aliphatic carbocycles. The lowest BCUT2D eigenvalue weighted by molar-refractivity contribution is -1.02. The molecule has 1 heterocycles. The third-order valence-corrected chi connectivity index (χ3v) is 4.99. The van der Waals surface area contributed by atoms with Crippen molar-refractivity contribution in [2.75, 3.05) is 45.9 Å². The van der Waals surface area contributed by atoms with Gasteiger partial charge in [-0.3, -0.25) is 4.79 Å². The van der Waals surface area contributed by atoms with Crippen LogP contribution >= 0.6 is 0 Å². The second kappa shape index (κ2) is 11.2. The van der Waals surface area contributed by atoms with Crippen molar-refractivity contribution >= 4 is 5.91 Å². The largest absolute Gasteiger partial charge is 0.494 e. The molecular formula is C21H37N3O2+2. The summed E-state index contributed by atoms with van der Waals surface area (Å²) in [7, 11) is 0. The summed E-state index contributed by atoms with van der Waals surface area (Å²) in [5, 5.41) is 2.98. The van der Waals surface area contributed by atoms with Gasteiger partial charge in [-0.15, -0.1) is 0 Å². The molecule has 0 aromatic heterocycles. The second-order valence-electron chi connectivity index (χ2n) is 7.88. The number of carbonyl (C=O) groups excluding carboxylic acids is 1. The smallest absolute Gasteiger partial charge is 0.275 e. The van der Waals surface area contributed by atoms with E-state index in [1.807, 2.05) is 0 Å². The first kappa shape index (κ1) is 20.7. The molecule has 1 aromatic carbocycles. The molecular weight excluding hydrogens is 326 g/mol. The lowest BCUT2D eigenvalue weighted by Gasteiger charge is -2.29. The highest BCUT2D eigenvalue weighted by atomic mass is 16.5. The van der Waals surface area contributed by atoms with E-state index < -0.39 is 0 Å². The molecule has 0 atom stereocenters.